The van der Waals surface area contributed by atoms with E-state index in [1.165, 1.54) is 10.8 Å². The molecule has 0 bridgehead atoms. The third-order valence-electron chi connectivity index (χ3n) is 3.21. The highest BCUT2D eigenvalue weighted by atomic mass is 16.3. The fourth-order valence-electron chi connectivity index (χ4n) is 1.79. The van der Waals surface area contributed by atoms with E-state index in [0.29, 0.717) is 6.54 Å². The van der Waals surface area contributed by atoms with Crippen molar-refractivity contribution in [2.75, 3.05) is 11.9 Å². The normalized spacial score (nSPS) is 14.5. The molecule has 0 saturated heterocycles. The van der Waals surface area contributed by atoms with Crippen LogP contribution in [0.3, 0.4) is 0 Å². The van der Waals surface area contributed by atoms with Crippen molar-refractivity contribution in [2.24, 2.45) is 0 Å². The maximum Gasteiger partial charge on any atom is 0.0788 e. The highest BCUT2D eigenvalue weighted by Crippen LogP contribution is 2.23. The molecule has 0 aliphatic carbocycles. The Hall–Kier alpha value is -1.54. The highest BCUT2D eigenvalue weighted by Gasteiger charge is 2.16. The second-order valence-electron chi connectivity index (χ2n) is 4.73. The molecule has 0 fully saturated rings. The molecule has 1 unspecified atom stereocenters. The van der Waals surface area contributed by atoms with Gasteiger partial charge in [-0.2, -0.15) is 0 Å². The van der Waals surface area contributed by atoms with E-state index >= 15 is 0 Å². The van der Waals surface area contributed by atoms with E-state index in [1.807, 2.05) is 38.1 Å². The van der Waals surface area contributed by atoms with Gasteiger partial charge in [0.25, 0.3) is 0 Å². The molecule has 2 nitrogen and oxygen atoms in total. The Morgan fingerprint density at radius 3 is 2.59 bits per heavy atom. The first-order valence-electron chi connectivity index (χ1n) is 6.06. The standard InChI is InChI=1S/C15H19NO/c1-3-15(2,17)11-16-14-10-6-8-12-7-4-5-9-13(12)14/h4-10,16-17H,3,11H2,1-2H3. The zero-order valence-electron chi connectivity index (χ0n) is 10.4. The molecule has 0 amide bonds. The minimum atomic E-state index is -0.656. The summed E-state index contributed by atoms with van der Waals surface area (Å²) < 4.78 is 0. The SMILES string of the molecule is CCC(C)(O)CNc1cccc2ccccc12. The molecular weight excluding hydrogens is 210 g/mol. The minimum absolute atomic E-state index is 0.567. The van der Waals surface area contributed by atoms with Crippen LogP contribution >= 0.6 is 0 Å². The van der Waals surface area contributed by atoms with Crippen LogP contribution in [0.15, 0.2) is 42.5 Å². The molecule has 2 aromatic rings. The van der Waals surface area contributed by atoms with Crippen LogP contribution in [0.4, 0.5) is 5.69 Å². The number of rotatable bonds is 4. The summed E-state index contributed by atoms with van der Waals surface area (Å²) in [4.78, 5) is 0. The second kappa shape index (κ2) is 4.76. The summed E-state index contributed by atoms with van der Waals surface area (Å²) in [6.45, 7) is 4.41. The van der Waals surface area contributed by atoms with Crippen LogP contribution in [0.1, 0.15) is 20.3 Å². The summed E-state index contributed by atoms with van der Waals surface area (Å²) in [5.74, 6) is 0. The Kier molecular flexibility index (Phi) is 3.34. The van der Waals surface area contributed by atoms with Crippen LogP contribution in [-0.4, -0.2) is 17.3 Å². The molecule has 2 heteroatoms. The zero-order valence-corrected chi connectivity index (χ0v) is 10.4. The van der Waals surface area contributed by atoms with E-state index in [2.05, 4.69) is 23.5 Å². The van der Waals surface area contributed by atoms with E-state index in [0.717, 1.165) is 12.1 Å². The summed E-state index contributed by atoms with van der Waals surface area (Å²) in [5, 5.41) is 15.7. The zero-order chi connectivity index (χ0) is 12.3. The lowest BCUT2D eigenvalue weighted by Gasteiger charge is -2.22. The Labute approximate surface area is 102 Å². The van der Waals surface area contributed by atoms with E-state index in [9.17, 15) is 5.11 Å². The number of fused-ring (bicyclic) bond motifs is 1. The van der Waals surface area contributed by atoms with Gasteiger partial charge in [0, 0.05) is 17.6 Å². The Balaban J connectivity index is 2.24. The lowest BCUT2D eigenvalue weighted by Crippen LogP contribution is -2.32. The average Bonchev–Trinajstić information content (AvgIpc) is 2.36. The summed E-state index contributed by atoms with van der Waals surface area (Å²) in [5.41, 5.74) is 0.425. The quantitative estimate of drug-likeness (QED) is 0.842. The van der Waals surface area contributed by atoms with E-state index < -0.39 is 5.60 Å². The molecule has 0 radical (unpaired) electrons. The molecule has 0 spiro atoms. The molecule has 0 aliphatic heterocycles. The molecule has 17 heavy (non-hydrogen) atoms. The van der Waals surface area contributed by atoms with Gasteiger partial charge >= 0.3 is 0 Å². The minimum Gasteiger partial charge on any atom is -0.388 e. The van der Waals surface area contributed by atoms with Crippen molar-refractivity contribution in [3.8, 4) is 0 Å². The topological polar surface area (TPSA) is 32.3 Å². The predicted molar refractivity (Wildman–Crippen MR) is 73.4 cm³/mol. The second-order valence-corrected chi connectivity index (χ2v) is 4.73. The first kappa shape index (κ1) is 11.9. The van der Waals surface area contributed by atoms with Crippen molar-refractivity contribution in [1.29, 1.82) is 0 Å². The van der Waals surface area contributed by atoms with Crippen LogP contribution in [0.2, 0.25) is 0 Å². The Morgan fingerprint density at radius 2 is 1.82 bits per heavy atom. The number of aliphatic hydroxyl groups is 1. The predicted octanol–water partition coefficient (Wildman–Crippen LogP) is 3.41. The summed E-state index contributed by atoms with van der Waals surface area (Å²) in [6, 6.07) is 14.4. The van der Waals surface area contributed by atoms with Crippen molar-refractivity contribution >= 4 is 16.5 Å². The maximum atomic E-state index is 9.99. The van der Waals surface area contributed by atoms with E-state index in [4.69, 9.17) is 0 Å². The van der Waals surface area contributed by atoms with Gasteiger partial charge in [-0.15, -0.1) is 0 Å². The average molecular weight is 229 g/mol. The molecule has 2 rings (SSSR count). The molecule has 0 aromatic heterocycles. The van der Waals surface area contributed by atoms with Crippen molar-refractivity contribution in [3.05, 3.63) is 42.5 Å². The summed E-state index contributed by atoms with van der Waals surface area (Å²) >= 11 is 0. The van der Waals surface area contributed by atoms with Gasteiger partial charge in [-0.3, -0.25) is 0 Å². The molecule has 90 valence electrons. The fourth-order valence-corrected chi connectivity index (χ4v) is 1.79. The van der Waals surface area contributed by atoms with E-state index in [1.54, 1.807) is 0 Å². The lowest BCUT2D eigenvalue weighted by molar-refractivity contribution is 0.0698. The summed E-state index contributed by atoms with van der Waals surface area (Å²) in [6.07, 6.45) is 0.741. The monoisotopic (exact) mass is 229 g/mol. The number of benzene rings is 2. The van der Waals surface area contributed by atoms with Gasteiger partial charge in [-0.1, -0.05) is 43.3 Å². The van der Waals surface area contributed by atoms with Gasteiger partial charge < -0.3 is 10.4 Å². The third kappa shape index (κ3) is 2.77. The number of hydrogen-bond donors (Lipinski definition) is 2. The van der Waals surface area contributed by atoms with Crippen molar-refractivity contribution in [3.63, 3.8) is 0 Å². The smallest absolute Gasteiger partial charge is 0.0788 e. The fraction of sp³-hybridized carbons (Fsp3) is 0.333. The largest absolute Gasteiger partial charge is 0.388 e. The number of anilines is 1. The molecule has 0 saturated carbocycles. The molecule has 0 heterocycles. The van der Waals surface area contributed by atoms with Gasteiger partial charge in [-0.25, -0.2) is 0 Å². The van der Waals surface area contributed by atoms with Crippen LogP contribution < -0.4 is 5.32 Å². The number of hydrogen-bond acceptors (Lipinski definition) is 2. The van der Waals surface area contributed by atoms with E-state index in [-0.39, 0.29) is 0 Å². The van der Waals surface area contributed by atoms with Crippen LogP contribution in [0.25, 0.3) is 10.8 Å². The Bertz CT molecular complexity index is 500. The van der Waals surface area contributed by atoms with Crippen LogP contribution in [0, 0.1) is 0 Å². The third-order valence-corrected chi connectivity index (χ3v) is 3.21. The summed E-state index contributed by atoms with van der Waals surface area (Å²) in [7, 11) is 0. The van der Waals surface area contributed by atoms with Crippen LogP contribution in [-0.2, 0) is 0 Å². The molecular formula is C15H19NO. The molecule has 2 N–H and O–H groups in total. The lowest BCUT2D eigenvalue weighted by atomic mass is 10.0. The number of nitrogens with one attached hydrogen (secondary N) is 1. The molecule has 1 atom stereocenters. The maximum absolute atomic E-state index is 9.99. The highest BCUT2D eigenvalue weighted by molar-refractivity contribution is 5.93. The molecule has 2 aromatic carbocycles. The first-order chi connectivity index (χ1) is 8.12. The van der Waals surface area contributed by atoms with Gasteiger partial charge in [0.05, 0.1) is 5.60 Å². The first-order valence-corrected chi connectivity index (χ1v) is 6.06. The van der Waals surface area contributed by atoms with Gasteiger partial charge in [-0.05, 0) is 24.8 Å². The van der Waals surface area contributed by atoms with Crippen molar-refractivity contribution in [1.82, 2.24) is 0 Å². The van der Waals surface area contributed by atoms with Crippen molar-refractivity contribution in [2.45, 2.75) is 25.9 Å². The molecule has 0 aliphatic rings. The Morgan fingerprint density at radius 1 is 1.12 bits per heavy atom. The van der Waals surface area contributed by atoms with Crippen molar-refractivity contribution < 1.29 is 5.11 Å². The van der Waals surface area contributed by atoms with Gasteiger partial charge in [0.2, 0.25) is 0 Å². The van der Waals surface area contributed by atoms with Crippen LogP contribution in [0.5, 0.6) is 0 Å². The van der Waals surface area contributed by atoms with Gasteiger partial charge in [0.1, 0.15) is 0 Å². The van der Waals surface area contributed by atoms with Gasteiger partial charge in [0.15, 0.2) is 0 Å².